The molecule has 0 bridgehead atoms. The third-order valence-corrected chi connectivity index (χ3v) is 5.80. The van der Waals surface area contributed by atoms with Crippen molar-refractivity contribution in [3.63, 3.8) is 0 Å². The Balaban J connectivity index is 1.85. The topological polar surface area (TPSA) is 35.5 Å². The van der Waals surface area contributed by atoms with E-state index < -0.39 is 7.60 Å². The van der Waals surface area contributed by atoms with Crippen LogP contribution >= 0.6 is 7.60 Å². The summed E-state index contributed by atoms with van der Waals surface area (Å²) in [4.78, 5) is 0. The fourth-order valence-corrected chi connectivity index (χ4v) is 4.46. The Kier molecular flexibility index (Phi) is 3.85. The Morgan fingerprint density at radius 1 is 0.952 bits per heavy atom. The highest BCUT2D eigenvalue weighted by Gasteiger charge is 2.53. The molecule has 1 aliphatic carbocycles. The van der Waals surface area contributed by atoms with Crippen molar-refractivity contribution in [2.75, 3.05) is 0 Å². The zero-order valence-electron chi connectivity index (χ0n) is 11.6. The largest absolute Gasteiger partial charge is 0.434 e. The van der Waals surface area contributed by atoms with E-state index in [9.17, 15) is 4.57 Å². The lowest BCUT2D eigenvalue weighted by Crippen LogP contribution is -2.07. The van der Waals surface area contributed by atoms with Crippen LogP contribution in [0.3, 0.4) is 0 Å². The van der Waals surface area contributed by atoms with Crippen molar-refractivity contribution in [1.82, 2.24) is 0 Å². The van der Waals surface area contributed by atoms with Crippen molar-refractivity contribution < 1.29 is 13.6 Å². The van der Waals surface area contributed by atoms with Crippen LogP contribution in [-0.4, -0.2) is 5.66 Å². The highest BCUT2D eigenvalue weighted by atomic mass is 31.2. The maximum Gasteiger partial charge on any atom is 0.434 e. The SMILES string of the molecule is C=C[C@@H]1C[C@@H]1P(=O)(Oc1ccccc1)Oc1ccccc1. The van der Waals surface area contributed by atoms with Crippen molar-refractivity contribution in [3.05, 3.63) is 73.3 Å². The third-order valence-electron chi connectivity index (χ3n) is 3.47. The minimum absolute atomic E-state index is 0.115. The van der Waals surface area contributed by atoms with E-state index in [4.69, 9.17) is 9.05 Å². The Bertz CT molecular complexity index is 609. The molecule has 3 rings (SSSR count). The first-order valence-corrected chi connectivity index (χ1v) is 8.54. The molecule has 0 spiro atoms. The van der Waals surface area contributed by atoms with E-state index in [1.54, 1.807) is 24.3 Å². The maximum absolute atomic E-state index is 13.2. The van der Waals surface area contributed by atoms with Crippen LogP contribution in [0.1, 0.15) is 6.42 Å². The van der Waals surface area contributed by atoms with Gasteiger partial charge < -0.3 is 9.05 Å². The smallest absolute Gasteiger partial charge is 0.416 e. The summed E-state index contributed by atoms with van der Waals surface area (Å²) in [5.41, 5.74) is -0.115. The van der Waals surface area contributed by atoms with Gasteiger partial charge in [0.05, 0.1) is 5.66 Å². The average molecular weight is 300 g/mol. The lowest BCUT2D eigenvalue weighted by molar-refractivity contribution is 0.383. The first-order chi connectivity index (χ1) is 10.2. The van der Waals surface area contributed by atoms with Crippen molar-refractivity contribution in [2.45, 2.75) is 12.1 Å². The van der Waals surface area contributed by atoms with Crippen LogP contribution in [-0.2, 0) is 4.57 Å². The van der Waals surface area contributed by atoms with Crippen molar-refractivity contribution in [1.29, 1.82) is 0 Å². The second-order valence-electron chi connectivity index (χ2n) is 5.05. The lowest BCUT2D eigenvalue weighted by Gasteiger charge is -2.20. The fourth-order valence-electron chi connectivity index (χ4n) is 2.23. The van der Waals surface area contributed by atoms with Gasteiger partial charge in [0.2, 0.25) is 0 Å². The van der Waals surface area contributed by atoms with Gasteiger partial charge in [0.1, 0.15) is 11.5 Å². The summed E-state index contributed by atoms with van der Waals surface area (Å²) >= 11 is 0. The summed E-state index contributed by atoms with van der Waals surface area (Å²) in [6.07, 6.45) is 2.61. The van der Waals surface area contributed by atoms with E-state index in [1.165, 1.54) is 0 Å². The summed E-state index contributed by atoms with van der Waals surface area (Å²) in [6, 6.07) is 18.3. The molecular formula is C17H17O3P. The van der Waals surface area contributed by atoms with Crippen LogP contribution in [0.4, 0.5) is 0 Å². The molecule has 0 aromatic heterocycles. The van der Waals surface area contributed by atoms with Gasteiger partial charge in [-0.05, 0) is 36.6 Å². The molecule has 0 unspecified atom stereocenters. The van der Waals surface area contributed by atoms with E-state index in [-0.39, 0.29) is 11.6 Å². The van der Waals surface area contributed by atoms with E-state index in [0.29, 0.717) is 11.5 Å². The Labute approximate surface area is 124 Å². The Hall–Kier alpha value is -1.99. The molecule has 0 N–H and O–H groups in total. The van der Waals surface area contributed by atoms with Crippen LogP contribution in [0.25, 0.3) is 0 Å². The van der Waals surface area contributed by atoms with Crippen molar-refractivity contribution >= 4 is 7.60 Å². The van der Waals surface area contributed by atoms with Gasteiger partial charge in [0.15, 0.2) is 0 Å². The summed E-state index contributed by atoms with van der Waals surface area (Å²) < 4.78 is 24.7. The molecule has 0 saturated heterocycles. The molecule has 0 radical (unpaired) electrons. The van der Waals surface area contributed by atoms with E-state index in [0.717, 1.165) is 6.42 Å². The first kappa shape index (κ1) is 14.0. The summed E-state index contributed by atoms with van der Waals surface area (Å²) in [7, 11) is -3.27. The molecule has 1 saturated carbocycles. The zero-order valence-corrected chi connectivity index (χ0v) is 12.5. The normalized spacial score (nSPS) is 20.6. The van der Waals surface area contributed by atoms with Crippen LogP contribution in [0, 0.1) is 5.92 Å². The van der Waals surface area contributed by atoms with E-state index in [1.807, 2.05) is 42.5 Å². The molecule has 4 heteroatoms. The number of hydrogen-bond acceptors (Lipinski definition) is 3. The van der Waals surface area contributed by atoms with Gasteiger partial charge >= 0.3 is 7.60 Å². The third kappa shape index (κ3) is 3.20. The van der Waals surface area contributed by atoms with Crippen LogP contribution < -0.4 is 9.05 Å². The molecular weight excluding hydrogens is 283 g/mol. The van der Waals surface area contributed by atoms with Gasteiger partial charge in [-0.3, -0.25) is 0 Å². The molecule has 1 aliphatic rings. The molecule has 2 aromatic carbocycles. The maximum atomic E-state index is 13.2. The minimum atomic E-state index is -3.27. The van der Waals surface area contributed by atoms with Gasteiger partial charge in [0.25, 0.3) is 0 Å². The quantitative estimate of drug-likeness (QED) is 0.561. The summed E-state index contributed by atoms with van der Waals surface area (Å²) in [6.45, 7) is 3.77. The summed E-state index contributed by atoms with van der Waals surface area (Å²) in [5, 5.41) is 0. The molecule has 2 aromatic rings. The predicted molar refractivity (Wildman–Crippen MR) is 83.8 cm³/mol. The van der Waals surface area contributed by atoms with Gasteiger partial charge in [-0.25, -0.2) is 4.57 Å². The fraction of sp³-hybridized carbons (Fsp3) is 0.176. The van der Waals surface area contributed by atoms with Crippen LogP contribution in [0.5, 0.6) is 11.5 Å². The van der Waals surface area contributed by atoms with Crippen LogP contribution in [0.2, 0.25) is 0 Å². The van der Waals surface area contributed by atoms with Gasteiger partial charge in [0, 0.05) is 0 Å². The zero-order chi connectivity index (χ0) is 14.7. The second kappa shape index (κ2) is 5.79. The van der Waals surface area contributed by atoms with Gasteiger partial charge in [-0.15, -0.1) is 6.58 Å². The van der Waals surface area contributed by atoms with Crippen molar-refractivity contribution in [2.24, 2.45) is 5.92 Å². The Morgan fingerprint density at radius 2 is 1.43 bits per heavy atom. The molecule has 1 fully saturated rings. The molecule has 108 valence electrons. The highest BCUT2D eigenvalue weighted by molar-refractivity contribution is 7.55. The minimum Gasteiger partial charge on any atom is -0.416 e. The highest BCUT2D eigenvalue weighted by Crippen LogP contribution is 2.64. The lowest BCUT2D eigenvalue weighted by atomic mass is 10.3. The van der Waals surface area contributed by atoms with Crippen LogP contribution in [0.15, 0.2) is 73.3 Å². The number of benzene rings is 2. The second-order valence-corrected chi connectivity index (χ2v) is 7.16. The van der Waals surface area contributed by atoms with Gasteiger partial charge in [-0.1, -0.05) is 42.5 Å². The number of rotatable bonds is 6. The van der Waals surface area contributed by atoms with E-state index in [2.05, 4.69) is 6.58 Å². The average Bonchev–Trinajstić information content (AvgIpc) is 3.29. The molecule has 0 amide bonds. The first-order valence-electron chi connectivity index (χ1n) is 6.93. The molecule has 21 heavy (non-hydrogen) atoms. The standard InChI is InChI=1S/C17H17O3P/c1-2-14-13-17(14)21(18,19-15-9-5-3-6-10-15)20-16-11-7-4-8-12-16/h2-12,14,17H,1,13H2/t14-,17+/m1/s1. The van der Waals surface area contributed by atoms with E-state index >= 15 is 0 Å². The predicted octanol–water partition coefficient (Wildman–Crippen LogP) is 4.91. The molecule has 0 heterocycles. The van der Waals surface area contributed by atoms with Crippen molar-refractivity contribution in [3.8, 4) is 11.5 Å². The Morgan fingerprint density at radius 3 is 1.81 bits per heavy atom. The number of para-hydroxylation sites is 2. The molecule has 2 atom stereocenters. The number of hydrogen-bond donors (Lipinski definition) is 0. The molecule has 0 aliphatic heterocycles. The van der Waals surface area contributed by atoms with Gasteiger partial charge in [-0.2, -0.15) is 0 Å². The molecule has 3 nitrogen and oxygen atoms in total. The monoisotopic (exact) mass is 300 g/mol. The summed E-state index contributed by atoms with van der Waals surface area (Å²) in [5.74, 6) is 1.32. The number of allylic oxidation sites excluding steroid dienone is 1.